The van der Waals surface area contributed by atoms with Gasteiger partial charge in [-0.1, -0.05) is 24.3 Å². The summed E-state index contributed by atoms with van der Waals surface area (Å²) in [5, 5.41) is 2.11. The van der Waals surface area contributed by atoms with Crippen molar-refractivity contribution in [2.75, 3.05) is 6.54 Å². The van der Waals surface area contributed by atoms with Gasteiger partial charge in [-0.15, -0.1) is 11.6 Å². The highest BCUT2D eigenvalue weighted by molar-refractivity contribution is 6.30. The Bertz CT molecular complexity index is 325. The van der Waals surface area contributed by atoms with Crippen LogP contribution in [0.2, 0.25) is 0 Å². The summed E-state index contributed by atoms with van der Waals surface area (Å²) in [7, 11) is 0. The summed E-state index contributed by atoms with van der Waals surface area (Å²) in [6.45, 7) is 4.43. The second-order valence-electron chi connectivity index (χ2n) is 3.11. The van der Waals surface area contributed by atoms with Crippen molar-refractivity contribution in [1.29, 1.82) is 0 Å². The van der Waals surface area contributed by atoms with Gasteiger partial charge >= 0.3 is 0 Å². The van der Waals surface area contributed by atoms with E-state index < -0.39 is 5.38 Å². The molecular formula is C11H14ClNO. The third-order valence-electron chi connectivity index (χ3n) is 2.04. The van der Waals surface area contributed by atoms with Crippen molar-refractivity contribution >= 4 is 17.5 Å². The third-order valence-corrected chi connectivity index (χ3v) is 2.48. The molecule has 0 spiro atoms. The molecule has 0 heterocycles. The Morgan fingerprint density at radius 2 is 2.14 bits per heavy atom. The van der Waals surface area contributed by atoms with Crippen molar-refractivity contribution in [3.05, 3.63) is 35.4 Å². The molecule has 0 bridgehead atoms. The minimum Gasteiger partial charge on any atom is -0.355 e. The molecule has 2 nitrogen and oxygen atoms in total. The largest absolute Gasteiger partial charge is 0.355 e. The number of hydrogen-bond donors (Lipinski definition) is 1. The number of halogens is 1. The second kappa shape index (κ2) is 5.01. The van der Waals surface area contributed by atoms with Crippen molar-refractivity contribution in [3.63, 3.8) is 0 Å². The van der Waals surface area contributed by atoms with Gasteiger partial charge in [0, 0.05) is 6.54 Å². The summed E-state index contributed by atoms with van der Waals surface area (Å²) in [6, 6.07) is 7.64. The van der Waals surface area contributed by atoms with E-state index in [9.17, 15) is 4.79 Å². The summed E-state index contributed by atoms with van der Waals surface area (Å²) < 4.78 is 0. The van der Waals surface area contributed by atoms with Crippen molar-refractivity contribution in [1.82, 2.24) is 5.32 Å². The van der Waals surface area contributed by atoms with Crippen LogP contribution in [0.25, 0.3) is 0 Å². The van der Waals surface area contributed by atoms with Crippen LogP contribution >= 0.6 is 11.6 Å². The highest BCUT2D eigenvalue weighted by Gasteiger charge is 2.17. The summed E-state index contributed by atoms with van der Waals surface area (Å²) >= 11 is 6.03. The molecule has 0 aliphatic heterocycles. The molecule has 0 fully saturated rings. The number of rotatable bonds is 3. The Morgan fingerprint density at radius 1 is 1.50 bits per heavy atom. The molecule has 1 amide bonds. The molecule has 0 aromatic heterocycles. The Balaban J connectivity index is 2.84. The molecule has 0 saturated carbocycles. The highest BCUT2D eigenvalue weighted by atomic mass is 35.5. The first-order valence-corrected chi connectivity index (χ1v) is 5.07. The van der Waals surface area contributed by atoms with Crippen LogP contribution in [0, 0.1) is 6.92 Å². The maximum Gasteiger partial charge on any atom is 0.242 e. The van der Waals surface area contributed by atoms with E-state index in [1.165, 1.54) is 0 Å². The van der Waals surface area contributed by atoms with Gasteiger partial charge in [0.1, 0.15) is 5.38 Å². The van der Waals surface area contributed by atoms with Gasteiger partial charge in [0.2, 0.25) is 5.91 Å². The van der Waals surface area contributed by atoms with E-state index in [2.05, 4.69) is 5.32 Å². The van der Waals surface area contributed by atoms with E-state index in [1.807, 2.05) is 38.1 Å². The molecule has 0 aliphatic carbocycles. The van der Waals surface area contributed by atoms with Crippen LogP contribution in [0.15, 0.2) is 24.3 Å². The SMILES string of the molecule is CCNC(=O)C(Cl)c1ccccc1C. The maximum absolute atomic E-state index is 11.5. The van der Waals surface area contributed by atoms with Crippen molar-refractivity contribution < 1.29 is 4.79 Å². The molecule has 76 valence electrons. The van der Waals surface area contributed by atoms with Gasteiger partial charge in [0.05, 0.1) is 0 Å². The highest BCUT2D eigenvalue weighted by Crippen LogP contribution is 2.23. The number of benzene rings is 1. The molecule has 1 aromatic carbocycles. The molecule has 1 N–H and O–H groups in total. The smallest absolute Gasteiger partial charge is 0.242 e. The first kappa shape index (κ1) is 11.1. The zero-order valence-corrected chi connectivity index (χ0v) is 9.14. The summed E-state index contributed by atoms with van der Waals surface area (Å²) in [4.78, 5) is 11.5. The predicted molar refractivity (Wildman–Crippen MR) is 58.5 cm³/mol. The first-order chi connectivity index (χ1) is 6.66. The van der Waals surface area contributed by atoms with Crippen LogP contribution < -0.4 is 5.32 Å². The number of alkyl halides is 1. The summed E-state index contributed by atoms with van der Waals surface area (Å²) in [5.74, 6) is -0.136. The quantitative estimate of drug-likeness (QED) is 0.765. The third kappa shape index (κ3) is 2.48. The fourth-order valence-corrected chi connectivity index (χ4v) is 1.60. The van der Waals surface area contributed by atoms with Gasteiger partial charge in [-0.2, -0.15) is 0 Å². The van der Waals surface area contributed by atoms with E-state index in [0.29, 0.717) is 6.54 Å². The first-order valence-electron chi connectivity index (χ1n) is 4.64. The summed E-state index contributed by atoms with van der Waals surface area (Å²) in [6.07, 6.45) is 0. The second-order valence-corrected chi connectivity index (χ2v) is 3.55. The van der Waals surface area contributed by atoms with Crippen LogP contribution in [-0.2, 0) is 4.79 Å². The lowest BCUT2D eigenvalue weighted by atomic mass is 10.1. The van der Waals surface area contributed by atoms with Crippen molar-refractivity contribution in [3.8, 4) is 0 Å². The Kier molecular flexibility index (Phi) is 3.96. The maximum atomic E-state index is 11.5. The van der Waals surface area contributed by atoms with E-state index in [0.717, 1.165) is 11.1 Å². The van der Waals surface area contributed by atoms with Gasteiger partial charge < -0.3 is 5.32 Å². The number of nitrogens with one attached hydrogen (secondary N) is 1. The molecule has 1 atom stereocenters. The molecule has 3 heteroatoms. The molecule has 0 saturated heterocycles. The molecule has 0 radical (unpaired) electrons. The monoisotopic (exact) mass is 211 g/mol. The molecule has 0 aliphatic rings. The van der Waals surface area contributed by atoms with Crippen LogP contribution in [0.1, 0.15) is 23.4 Å². The van der Waals surface area contributed by atoms with Gasteiger partial charge in [0.25, 0.3) is 0 Å². The number of hydrogen-bond acceptors (Lipinski definition) is 1. The fourth-order valence-electron chi connectivity index (χ4n) is 1.28. The zero-order valence-electron chi connectivity index (χ0n) is 8.38. The van der Waals surface area contributed by atoms with E-state index in [1.54, 1.807) is 0 Å². The standard InChI is InChI=1S/C11H14ClNO/c1-3-13-11(14)10(12)9-7-5-4-6-8(9)2/h4-7,10H,3H2,1-2H3,(H,13,14). The Labute approximate surface area is 89.3 Å². The average molecular weight is 212 g/mol. The van der Waals surface area contributed by atoms with E-state index >= 15 is 0 Å². The van der Waals surface area contributed by atoms with Crippen LogP contribution in [0.5, 0.6) is 0 Å². The van der Waals surface area contributed by atoms with Crippen LogP contribution in [-0.4, -0.2) is 12.5 Å². The van der Waals surface area contributed by atoms with E-state index in [-0.39, 0.29) is 5.91 Å². The lowest BCUT2D eigenvalue weighted by molar-refractivity contribution is -0.120. The van der Waals surface area contributed by atoms with Gasteiger partial charge in [-0.25, -0.2) is 0 Å². The fraction of sp³-hybridized carbons (Fsp3) is 0.364. The molecule has 1 rings (SSSR count). The van der Waals surface area contributed by atoms with E-state index in [4.69, 9.17) is 11.6 Å². The topological polar surface area (TPSA) is 29.1 Å². The van der Waals surface area contributed by atoms with Crippen molar-refractivity contribution in [2.45, 2.75) is 19.2 Å². The molecular weight excluding hydrogens is 198 g/mol. The minimum atomic E-state index is -0.587. The zero-order chi connectivity index (χ0) is 10.6. The predicted octanol–water partition coefficient (Wildman–Crippen LogP) is 2.41. The molecule has 1 aromatic rings. The Hall–Kier alpha value is -1.02. The summed E-state index contributed by atoms with van der Waals surface area (Å²) in [5.41, 5.74) is 1.92. The number of likely N-dealkylation sites (N-methyl/N-ethyl adjacent to an activating group) is 1. The number of amides is 1. The normalized spacial score (nSPS) is 12.2. The van der Waals surface area contributed by atoms with Gasteiger partial charge in [-0.05, 0) is 25.0 Å². The van der Waals surface area contributed by atoms with Crippen LogP contribution in [0.4, 0.5) is 0 Å². The van der Waals surface area contributed by atoms with Crippen molar-refractivity contribution in [2.24, 2.45) is 0 Å². The van der Waals surface area contributed by atoms with Gasteiger partial charge in [0.15, 0.2) is 0 Å². The lowest BCUT2D eigenvalue weighted by Crippen LogP contribution is -2.26. The van der Waals surface area contributed by atoms with Gasteiger partial charge in [-0.3, -0.25) is 4.79 Å². The molecule has 14 heavy (non-hydrogen) atoms. The minimum absolute atomic E-state index is 0.136. The number of carbonyl (C=O) groups excluding carboxylic acids is 1. The lowest BCUT2D eigenvalue weighted by Gasteiger charge is -2.11. The van der Waals surface area contributed by atoms with Crippen LogP contribution in [0.3, 0.4) is 0 Å². The average Bonchev–Trinajstić information content (AvgIpc) is 2.18. The Morgan fingerprint density at radius 3 is 2.71 bits per heavy atom. The molecule has 1 unspecified atom stereocenters. The number of carbonyl (C=O) groups is 1. The number of aryl methyl sites for hydroxylation is 1.